The fourth-order valence-corrected chi connectivity index (χ4v) is 3.36. The first-order chi connectivity index (χ1) is 10.2. The molecule has 0 saturated carbocycles. The minimum Gasteiger partial charge on any atom is -0.367 e. The van der Waals surface area contributed by atoms with Crippen LogP contribution in [0.5, 0.6) is 0 Å². The molecule has 1 amide bonds. The van der Waals surface area contributed by atoms with Gasteiger partial charge in [0.1, 0.15) is 10.6 Å². The lowest BCUT2D eigenvalue weighted by Crippen LogP contribution is -2.32. The first kappa shape index (κ1) is 14.0. The number of hydrogen-bond donors (Lipinski definition) is 4. The molecule has 8 heteroatoms. The van der Waals surface area contributed by atoms with E-state index >= 15 is 0 Å². The summed E-state index contributed by atoms with van der Waals surface area (Å²) in [5, 5.41) is 7.24. The number of carbonyl (C=O) groups excluding carboxylic acids is 1. The molecule has 1 unspecified atom stereocenters. The molecule has 1 saturated heterocycles. The molecule has 21 heavy (non-hydrogen) atoms. The number of thiophene rings is 1. The van der Waals surface area contributed by atoms with Gasteiger partial charge in [0.05, 0.1) is 5.39 Å². The molecule has 2 aromatic heterocycles. The largest absolute Gasteiger partial charge is 0.367 e. The molecule has 0 aromatic carbocycles. The molecule has 112 valence electrons. The first-order valence-electron chi connectivity index (χ1n) is 7.00. The highest BCUT2D eigenvalue weighted by Crippen LogP contribution is 2.30. The van der Waals surface area contributed by atoms with E-state index in [9.17, 15) is 4.79 Å². The summed E-state index contributed by atoms with van der Waals surface area (Å²) in [5.74, 6) is 6.69. The third-order valence-corrected chi connectivity index (χ3v) is 4.70. The van der Waals surface area contributed by atoms with E-state index in [1.807, 2.05) is 0 Å². The molecule has 0 radical (unpaired) electrons. The summed E-state index contributed by atoms with van der Waals surface area (Å²) >= 11 is 1.64. The van der Waals surface area contributed by atoms with Gasteiger partial charge in [0.25, 0.3) is 0 Å². The van der Waals surface area contributed by atoms with Gasteiger partial charge in [-0.05, 0) is 18.9 Å². The number of amides is 1. The van der Waals surface area contributed by atoms with Crippen LogP contribution in [0.15, 0.2) is 6.07 Å². The Balaban J connectivity index is 1.85. The number of aryl methyl sites for hydroxylation is 1. The summed E-state index contributed by atoms with van der Waals surface area (Å²) in [6.45, 7) is 2.76. The van der Waals surface area contributed by atoms with Gasteiger partial charge in [-0.3, -0.25) is 10.2 Å². The summed E-state index contributed by atoms with van der Waals surface area (Å²) in [6.07, 6.45) is 2.41. The Hall–Kier alpha value is -1.93. The minimum atomic E-state index is 0.114. The molecule has 7 nitrogen and oxygen atoms in total. The van der Waals surface area contributed by atoms with E-state index in [1.54, 1.807) is 11.3 Å². The van der Waals surface area contributed by atoms with Crippen molar-refractivity contribution in [2.45, 2.75) is 32.2 Å². The van der Waals surface area contributed by atoms with Crippen molar-refractivity contribution in [3.05, 3.63) is 10.9 Å². The molecule has 3 rings (SSSR count). The van der Waals surface area contributed by atoms with E-state index in [0.717, 1.165) is 28.9 Å². The summed E-state index contributed by atoms with van der Waals surface area (Å²) in [7, 11) is 0. The number of rotatable bonds is 5. The Labute approximate surface area is 126 Å². The molecular formula is C13H18N6OS. The number of nitrogens with one attached hydrogen (secondary N) is 3. The maximum Gasteiger partial charge on any atom is 0.240 e. The number of hydrazine groups is 1. The van der Waals surface area contributed by atoms with Crippen molar-refractivity contribution >= 4 is 39.2 Å². The molecule has 1 atom stereocenters. The van der Waals surface area contributed by atoms with Crippen LogP contribution in [0, 0.1) is 0 Å². The number of nitrogens with two attached hydrogens (primary N) is 1. The van der Waals surface area contributed by atoms with E-state index in [0.29, 0.717) is 18.9 Å². The van der Waals surface area contributed by atoms with Gasteiger partial charge in [-0.15, -0.1) is 11.3 Å². The number of carbonyl (C=O) groups is 1. The van der Waals surface area contributed by atoms with Crippen molar-refractivity contribution in [1.29, 1.82) is 0 Å². The third kappa shape index (κ3) is 2.91. The second kappa shape index (κ2) is 5.82. The van der Waals surface area contributed by atoms with E-state index in [1.165, 1.54) is 4.88 Å². The van der Waals surface area contributed by atoms with Crippen LogP contribution in [0.2, 0.25) is 0 Å². The molecule has 5 N–H and O–H groups in total. The number of nitrogens with zero attached hydrogens (tertiary/aromatic N) is 2. The molecule has 1 aliphatic rings. The number of aromatic nitrogens is 2. The average molecular weight is 306 g/mol. The van der Waals surface area contributed by atoms with Crippen LogP contribution in [0.1, 0.15) is 24.6 Å². The Kier molecular flexibility index (Phi) is 3.89. The smallest absolute Gasteiger partial charge is 0.240 e. The van der Waals surface area contributed by atoms with Crippen molar-refractivity contribution in [3.8, 4) is 0 Å². The molecule has 1 fully saturated rings. The van der Waals surface area contributed by atoms with Crippen LogP contribution in [0.4, 0.5) is 11.8 Å². The van der Waals surface area contributed by atoms with Crippen molar-refractivity contribution in [2.24, 2.45) is 5.84 Å². The highest BCUT2D eigenvalue weighted by Gasteiger charge is 2.21. The number of nitrogen functional groups attached to an aromatic ring is 1. The summed E-state index contributed by atoms with van der Waals surface area (Å²) in [4.78, 5) is 22.2. The van der Waals surface area contributed by atoms with Gasteiger partial charge in [-0.25, -0.2) is 10.8 Å². The van der Waals surface area contributed by atoms with Crippen molar-refractivity contribution in [3.63, 3.8) is 0 Å². The van der Waals surface area contributed by atoms with Crippen LogP contribution in [-0.2, 0) is 11.2 Å². The topological polar surface area (TPSA) is 105 Å². The van der Waals surface area contributed by atoms with Gasteiger partial charge in [-0.2, -0.15) is 4.98 Å². The van der Waals surface area contributed by atoms with Crippen LogP contribution in [-0.4, -0.2) is 28.5 Å². The highest BCUT2D eigenvalue weighted by molar-refractivity contribution is 7.18. The van der Waals surface area contributed by atoms with Crippen LogP contribution in [0.3, 0.4) is 0 Å². The second-order valence-electron chi connectivity index (χ2n) is 5.01. The van der Waals surface area contributed by atoms with Gasteiger partial charge in [0.15, 0.2) is 0 Å². The van der Waals surface area contributed by atoms with Gasteiger partial charge in [0.2, 0.25) is 11.9 Å². The molecule has 1 aliphatic heterocycles. The number of hydrogen-bond acceptors (Lipinski definition) is 7. The number of anilines is 2. The third-order valence-electron chi connectivity index (χ3n) is 3.52. The minimum absolute atomic E-state index is 0.114. The Morgan fingerprint density at radius 3 is 3.05 bits per heavy atom. The average Bonchev–Trinajstić information content (AvgIpc) is 3.10. The van der Waals surface area contributed by atoms with Gasteiger partial charge in [-0.1, -0.05) is 6.92 Å². The summed E-state index contributed by atoms with van der Waals surface area (Å²) < 4.78 is 0. The van der Waals surface area contributed by atoms with Crippen molar-refractivity contribution in [1.82, 2.24) is 15.3 Å². The van der Waals surface area contributed by atoms with Crippen LogP contribution < -0.4 is 21.9 Å². The Bertz CT molecular complexity index is 670. The van der Waals surface area contributed by atoms with Crippen molar-refractivity contribution < 1.29 is 4.79 Å². The zero-order valence-corrected chi connectivity index (χ0v) is 12.6. The van der Waals surface area contributed by atoms with Gasteiger partial charge in [0, 0.05) is 23.9 Å². The predicted octanol–water partition coefficient (Wildman–Crippen LogP) is 1.23. The molecule has 0 aliphatic carbocycles. The standard InChI is InChI=1S/C13H18N6OS/c1-2-8-5-9-11(15-6-7-3-4-10(20)16-7)17-13(19-14)18-12(9)21-8/h5,7H,2-4,6,14H2,1H3,(H,16,20)(H2,15,17,18,19). The lowest BCUT2D eigenvalue weighted by molar-refractivity contribution is -0.119. The lowest BCUT2D eigenvalue weighted by atomic mass is 10.2. The maximum absolute atomic E-state index is 11.2. The summed E-state index contributed by atoms with van der Waals surface area (Å²) in [5.41, 5.74) is 2.50. The fourth-order valence-electron chi connectivity index (χ4n) is 2.40. The van der Waals surface area contributed by atoms with E-state index in [2.05, 4.69) is 39.0 Å². The van der Waals surface area contributed by atoms with Crippen LogP contribution in [0.25, 0.3) is 10.2 Å². The number of fused-ring (bicyclic) bond motifs is 1. The second-order valence-corrected chi connectivity index (χ2v) is 6.12. The Morgan fingerprint density at radius 1 is 1.52 bits per heavy atom. The predicted molar refractivity (Wildman–Crippen MR) is 84.3 cm³/mol. The molecule has 0 spiro atoms. The van der Waals surface area contributed by atoms with E-state index in [-0.39, 0.29) is 11.9 Å². The molecule has 2 aromatic rings. The molecular weight excluding hydrogens is 288 g/mol. The molecule has 3 heterocycles. The maximum atomic E-state index is 11.2. The summed E-state index contributed by atoms with van der Waals surface area (Å²) in [6, 6.07) is 2.26. The quantitative estimate of drug-likeness (QED) is 0.489. The van der Waals surface area contributed by atoms with E-state index < -0.39 is 0 Å². The Morgan fingerprint density at radius 2 is 2.38 bits per heavy atom. The highest BCUT2D eigenvalue weighted by atomic mass is 32.1. The zero-order chi connectivity index (χ0) is 14.8. The first-order valence-corrected chi connectivity index (χ1v) is 7.81. The lowest BCUT2D eigenvalue weighted by Gasteiger charge is -2.13. The van der Waals surface area contributed by atoms with Gasteiger partial charge >= 0.3 is 0 Å². The fraction of sp³-hybridized carbons (Fsp3) is 0.462. The van der Waals surface area contributed by atoms with Gasteiger partial charge < -0.3 is 10.6 Å². The van der Waals surface area contributed by atoms with Crippen molar-refractivity contribution in [2.75, 3.05) is 17.3 Å². The normalized spacial score (nSPS) is 18.0. The zero-order valence-electron chi connectivity index (χ0n) is 11.8. The SMILES string of the molecule is CCc1cc2c(NCC3CCC(=O)N3)nc(NN)nc2s1. The van der Waals surface area contributed by atoms with E-state index in [4.69, 9.17) is 5.84 Å². The van der Waals surface area contributed by atoms with Crippen LogP contribution >= 0.6 is 11.3 Å². The monoisotopic (exact) mass is 306 g/mol. The molecule has 0 bridgehead atoms.